The van der Waals surface area contributed by atoms with E-state index in [1.54, 1.807) is 0 Å². The van der Waals surface area contributed by atoms with Gasteiger partial charge in [-0.3, -0.25) is 0 Å². The summed E-state index contributed by atoms with van der Waals surface area (Å²) in [4.78, 5) is 0. The zero-order valence-electron chi connectivity index (χ0n) is 7.30. The SMILES string of the molecule is C/C=C\C(C)C(C)CCN. The second kappa shape index (κ2) is 5.48. The van der Waals surface area contributed by atoms with Crippen LogP contribution in [0.1, 0.15) is 27.2 Å². The molecule has 0 rings (SSSR count). The molecule has 0 aliphatic rings. The molecule has 2 N–H and O–H groups in total. The van der Waals surface area contributed by atoms with Crippen molar-refractivity contribution in [2.45, 2.75) is 27.2 Å². The number of rotatable bonds is 4. The van der Waals surface area contributed by atoms with Crippen molar-refractivity contribution in [2.75, 3.05) is 6.54 Å². The van der Waals surface area contributed by atoms with Crippen molar-refractivity contribution in [3.8, 4) is 0 Å². The normalized spacial score (nSPS) is 17.6. The molecule has 0 saturated carbocycles. The molecule has 0 bridgehead atoms. The van der Waals surface area contributed by atoms with Crippen molar-refractivity contribution < 1.29 is 0 Å². The standard InChI is InChI=1S/C9H19N/c1-4-5-8(2)9(3)6-7-10/h4-5,8-9H,6-7,10H2,1-3H3/b5-4-. The molecule has 0 aromatic carbocycles. The highest BCUT2D eigenvalue weighted by Gasteiger charge is 2.06. The minimum Gasteiger partial charge on any atom is -0.330 e. The zero-order valence-corrected chi connectivity index (χ0v) is 7.30. The van der Waals surface area contributed by atoms with E-state index in [1.165, 1.54) is 0 Å². The van der Waals surface area contributed by atoms with Crippen LogP contribution >= 0.6 is 0 Å². The van der Waals surface area contributed by atoms with Crippen molar-refractivity contribution in [3.63, 3.8) is 0 Å². The first kappa shape index (κ1) is 9.70. The van der Waals surface area contributed by atoms with E-state index in [0.29, 0.717) is 5.92 Å². The van der Waals surface area contributed by atoms with Crippen molar-refractivity contribution in [1.29, 1.82) is 0 Å². The maximum absolute atomic E-state index is 5.44. The Morgan fingerprint density at radius 1 is 1.40 bits per heavy atom. The maximum Gasteiger partial charge on any atom is -0.00745 e. The summed E-state index contributed by atoms with van der Waals surface area (Å²) in [6, 6.07) is 0. The number of hydrogen-bond donors (Lipinski definition) is 1. The summed E-state index contributed by atoms with van der Waals surface area (Å²) >= 11 is 0. The molecule has 0 amide bonds. The fraction of sp³-hybridized carbons (Fsp3) is 0.778. The Kier molecular flexibility index (Phi) is 5.32. The minimum absolute atomic E-state index is 0.675. The van der Waals surface area contributed by atoms with Gasteiger partial charge in [-0.15, -0.1) is 0 Å². The number of hydrogen-bond acceptors (Lipinski definition) is 1. The Morgan fingerprint density at radius 3 is 2.40 bits per heavy atom. The fourth-order valence-electron chi connectivity index (χ4n) is 1.02. The molecule has 2 atom stereocenters. The van der Waals surface area contributed by atoms with Gasteiger partial charge in [0.05, 0.1) is 0 Å². The van der Waals surface area contributed by atoms with Crippen LogP contribution in [0.5, 0.6) is 0 Å². The van der Waals surface area contributed by atoms with Gasteiger partial charge in [-0.2, -0.15) is 0 Å². The van der Waals surface area contributed by atoms with Crippen LogP contribution in [0.3, 0.4) is 0 Å². The lowest BCUT2D eigenvalue weighted by Gasteiger charge is -2.14. The Labute approximate surface area is 64.3 Å². The van der Waals surface area contributed by atoms with Gasteiger partial charge in [0.25, 0.3) is 0 Å². The lowest BCUT2D eigenvalue weighted by atomic mass is 9.93. The molecule has 0 aromatic heterocycles. The largest absolute Gasteiger partial charge is 0.330 e. The van der Waals surface area contributed by atoms with Gasteiger partial charge in [0.15, 0.2) is 0 Å². The van der Waals surface area contributed by atoms with E-state index in [2.05, 4.69) is 32.9 Å². The predicted molar refractivity (Wildman–Crippen MR) is 46.8 cm³/mol. The first-order valence-electron chi connectivity index (χ1n) is 4.05. The molecule has 0 aromatic rings. The molecular weight excluding hydrogens is 122 g/mol. The van der Waals surface area contributed by atoms with E-state index in [1.807, 2.05) is 0 Å². The average Bonchev–Trinajstić information content (AvgIpc) is 1.89. The smallest absolute Gasteiger partial charge is 0.00745 e. The van der Waals surface area contributed by atoms with Crippen molar-refractivity contribution in [2.24, 2.45) is 17.6 Å². The molecule has 1 nitrogen and oxygen atoms in total. The molecule has 2 unspecified atom stereocenters. The van der Waals surface area contributed by atoms with Gasteiger partial charge in [-0.05, 0) is 31.7 Å². The van der Waals surface area contributed by atoms with Gasteiger partial charge in [-0.25, -0.2) is 0 Å². The number of allylic oxidation sites excluding steroid dienone is 2. The van der Waals surface area contributed by atoms with Crippen molar-refractivity contribution in [1.82, 2.24) is 0 Å². The summed E-state index contributed by atoms with van der Waals surface area (Å²) in [5.74, 6) is 1.40. The Bertz CT molecular complexity index is 96.9. The monoisotopic (exact) mass is 141 g/mol. The van der Waals surface area contributed by atoms with Gasteiger partial charge in [0.1, 0.15) is 0 Å². The highest BCUT2D eigenvalue weighted by molar-refractivity contribution is 4.85. The van der Waals surface area contributed by atoms with E-state index in [-0.39, 0.29) is 0 Å². The number of nitrogens with two attached hydrogens (primary N) is 1. The Morgan fingerprint density at radius 2 is 2.00 bits per heavy atom. The molecule has 1 heteroatoms. The molecule has 0 saturated heterocycles. The molecule has 60 valence electrons. The zero-order chi connectivity index (χ0) is 7.98. The molecule has 10 heavy (non-hydrogen) atoms. The van der Waals surface area contributed by atoms with E-state index in [4.69, 9.17) is 5.73 Å². The van der Waals surface area contributed by atoms with E-state index < -0.39 is 0 Å². The van der Waals surface area contributed by atoms with E-state index in [0.717, 1.165) is 18.9 Å². The minimum atomic E-state index is 0.675. The van der Waals surface area contributed by atoms with Crippen LogP contribution in [0.2, 0.25) is 0 Å². The van der Waals surface area contributed by atoms with Crippen LogP contribution in [0.25, 0.3) is 0 Å². The van der Waals surface area contributed by atoms with Crippen LogP contribution in [-0.2, 0) is 0 Å². The van der Waals surface area contributed by atoms with Crippen LogP contribution < -0.4 is 5.73 Å². The van der Waals surface area contributed by atoms with Crippen LogP contribution in [0.4, 0.5) is 0 Å². The topological polar surface area (TPSA) is 26.0 Å². The van der Waals surface area contributed by atoms with E-state index >= 15 is 0 Å². The second-order valence-electron chi connectivity index (χ2n) is 2.94. The van der Waals surface area contributed by atoms with Crippen LogP contribution in [0, 0.1) is 11.8 Å². The van der Waals surface area contributed by atoms with Crippen LogP contribution in [-0.4, -0.2) is 6.54 Å². The molecule has 0 heterocycles. The van der Waals surface area contributed by atoms with Gasteiger partial charge in [-0.1, -0.05) is 26.0 Å². The fourth-order valence-corrected chi connectivity index (χ4v) is 1.02. The Hall–Kier alpha value is -0.300. The first-order valence-corrected chi connectivity index (χ1v) is 4.05. The average molecular weight is 141 g/mol. The molecule has 0 spiro atoms. The van der Waals surface area contributed by atoms with Crippen molar-refractivity contribution in [3.05, 3.63) is 12.2 Å². The second-order valence-corrected chi connectivity index (χ2v) is 2.94. The molecular formula is C9H19N. The molecule has 0 aliphatic heterocycles. The van der Waals surface area contributed by atoms with Crippen LogP contribution in [0.15, 0.2) is 12.2 Å². The van der Waals surface area contributed by atoms with Gasteiger partial charge >= 0.3 is 0 Å². The first-order chi connectivity index (χ1) is 4.72. The summed E-state index contributed by atoms with van der Waals surface area (Å²) in [6.45, 7) is 7.35. The third-order valence-corrected chi connectivity index (χ3v) is 2.02. The van der Waals surface area contributed by atoms with Crippen molar-refractivity contribution >= 4 is 0 Å². The van der Waals surface area contributed by atoms with Gasteiger partial charge in [0, 0.05) is 0 Å². The van der Waals surface area contributed by atoms with E-state index in [9.17, 15) is 0 Å². The lowest BCUT2D eigenvalue weighted by molar-refractivity contribution is 0.434. The summed E-state index contributed by atoms with van der Waals surface area (Å²) < 4.78 is 0. The maximum atomic E-state index is 5.44. The summed E-state index contributed by atoms with van der Waals surface area (Å²) in [7, 11) is 0. The Balaban J connectivity index is 3.58. The quantitative estimate of drug-likeness (QED) is 0.597. The molecule has 0 radical (unpaired) electrons. The lowest BCUT2D eigenvalue weighted by Crippen LogP contribution is -2.11. The summed E-state index contributed by atoms with van der Waals surface area (Å²) in [5.41, 5.74) is 5.44. The van der Waals surface area contributed by atoms with Gasteiger partial charge in [0.2, 0.25) is 0 Å². The summed E-state index contributed by atoms with van der Waals surface area (Å²) in [5, 5.41) is 0. The molecule has 0 fully saturated rings. The molecule has 0 aliphatic carbocycles. The highest BCUT2D eigenvalue weighted by Crippen LogP contribution is 2.14. The third-order valence-electron chi connectivity index (χ3n) is 2.02. The predicted octanol–water partition coefficient (Wildman–Crippen LogP) is 2.18. The summed E-state index contributed by atoms with van der Waals surface area (Å²) in [6.07, 6.45) is 5.48. The highest BCUT2D eigenvalue weighted by atomic mass is 14.5. The van der Waals surface area contributed by atoms with Gasteiger partial charge < -0.3 is 5.73 Å². The third kappa shape index (κ3) is 3.67.